The molecule has 3 rings (SSSR count). The summed E-state index contributed by atoms with van der Waals surface area (Å²) in [6, 6.07) is 10.1. The lowest BCUT2D eigenvalue weighted by Crippen LogP contribution is -2.32. The van der Waals surface area contributed by atoms with Crippen LogP contribution in [0.4, 0.5) is 5.69 Å². The number of benzene rings is 2. The van der Waals surface area contributed by atoms with Gasteiger partial charge in [-0.3, -0.25) is 4.79 Å². The second kappa shape index (κ2) is 10.3. The molecule has 172 valence electrons. The molecule has 1 heterocycles. The molecule has 7 nitrogen and oxygen atoms in total. The molecule has 2 aromatic carbocycles. The summed E-state index contributed by atoms with van der Waals surface area (Å²) in [4.78, 5) is 24.9. The van der Waals surface area contributed by atoms with Crippen LogP contribution in [0.1, 0.15) is 52.7 Å². The van der Waals surface area contributed by atoms with Gasteiger partial charge in [-0.05, 0) is 68.5 Å². The number of carbonyl (C=O) groups excluding carboxylic acids is 2. The standard InChI is InChI=1S/C24H30N2O5S/c1-17-9-8-10-21(19(17)3)24(28)31-16-23(27)25-20-12-11-18(2)22(15-20)32(29,30)26-13-6-4-5-7-14-26/h8-12,15H,4-7,13-14,16H2,1-3H3,(H,25,27). The molecule has 1 saturated heterocycles. The molecule has 0 aromatic heterocycles. The minimum absolute atomic E-state index is 0.185. The van der Waals surface area contributed by atoms with Crippen LogP contribution in [0.2, 0.25) is 0 Å². The van der Waals surface area contributed by atoms with Crippen molar-refractivity contribution in [2.75, 3.05) is 25.0 Å². The SMILES string of the molecule is Cc1ccc(NC(=O)COC(=O)c2cccc(C)c2C)cc1S(=O)(=O)N1CCCCCC1. The lowest BCUT2D eigenvalue weighted by molar-refractivity contribution is -0.119. The molecule has 1 amide bonds. The van der Waals surface area contributed by atoms with Gasteiger partial charge in [-0.2, -0.15) is 4.31 Å². The van der Waals surface area contributed by atoms with E-state index < -0.39 is 28.5 Å². The number of nitrogens with zero attached hydrogens (tertiary/aromatic N) is 1. The molecule has 32 heavy (non-hydrogen) atoms. The van der Waals surface area contributed by atoms with E-state index in [9.17, 15) is 18.0 Å². The maximum atomic E-state index is 13.2. The number of hydrogen-bond donors (Lipinski definition) is 1. The quantitative estimate of drug-likeness (QED) is 0.661. The molecule has 0 spiro atoms. The molecule has 8 heteroatoms. The fourth-order valence-electron chi connectivity index (χ4n) is 3.76. The maximum absolute atomic E-state index is 13.2. The number of rotatable bonds is 6. The molecule has 0 aliphatic carbocycles. The first kappa shape index (κ1) is 23.9. The maximum Gasteiger partial charge on any atom is 0.338 e. The van der Waals surface area contributed by atoms with Gasteiger partial charge < -0.3 is 10.1 Å². The zero-order valence-electron chi connectivity index (χ0n) is 18.8. The molecule has 1 fully saturated rings. The highest BCUT2D eigenvalue weighted by atomic mass is 32.2. The summed E-state index contributed by atoms with van der Waals surface area (Å²) < 4.78 is 33.0. The van der Waals surface area contributed by atoms with Crippen molar-refractivity contribution in [1.29, 1.82) is 0 Å². The van der Waals surface area contributed by atoms with Crippen LogP contribution in [-0.4, -0.2) is 44.3 Å². The van der Waals surface area contributed by atoms with E-state index in [-0.39, 0.29) is 4.90 Å². The van der Waals surface area contributed by atoms with E-state index in [2.05, 4.69) is 5.32 Å². The molecule has 0 saturated carbocycles. The van der Waals surface area contributed by atoms with Gasteiger partial charge in [0.25, 0.3) is 5.91 Å². The van der Waals surface area contributed by atoms with Crippen molar-refractivity contribution in [1.82, 2.24) is 4.31 Å². The van der Waals surface area contributed by atoms with Crippen molar-refractivity contribution in [3.8, 4) is 0 Å². The topological polar surface area (TPSA) is 92.8 Å². The fourth-order valence-corrected chi connectivity index (χ4v) is 5.52. The largest absolute Gasteiger partial charge is 0.452 e. The molecular formula is C24H30N2O5S. The number of ether oxygens (including phenoxy) is 1. The van der Waals surface area contributed by atoms with Crippen molar-refractivity contribution in [2.45, 2.75) is 51.3 Å². The summed E-state index contributed by atoms with van der Waals surface area (Å²) >= 11 is 0. The van der Waals surface area contributed by atoms with Crippen LogP contribution < -0.4 is 5.32 Å². The van der Waals surface area contributed by atoms with Gasteiger partial charge in [-0.1, -0.05) is 31.0 Å². The Kier molecular flexibility index (Phi) is 7.69. The average molecular weight is 459 g/mol. The molecule has 1 N–H and O–H groups in total. The van der Waals surface area contributed by atoms with Crippen molar-refractivity contribution < 1.29 is 22.7 Å². The Morgan fingerprint density at radius 1 is 0.969 bits per heavy atom. The number of carbonyl (C=O) groups is 2. The third kappa shape index (κ3) is 5.55. The molecular weight excluding hydrogens is 428 g/mol. The zero-order chi connectivity index (χ0) is 23.3. The second-order valence-corrected chi connectivity index (χ2v) is 10.1. The Hall–Kier alpha value is -2.71. The van der Waals surface area contributed by atoms with Crippen LogP contribution in [-0.2, 0) is 19.6 Å². The molecule has 1 aliphatic rings. The molecule has 2 aromatic rings. The average Bonchev–Trinajstić information content (AvgIpc) is 3.05. The van der Waals surface area contributed by atoms with Gasteiger partial charge in [0.15, 0.2) is 6.61 Å². The van der Waals surface area contributed by atoms with E-state index >= 15 is 0 Å². The highest BCUT2D eigenvalue weighted by Crippen LogP contribution is 2.26. The van der Waals surface area contributed by atoms with Crippen molar-refractivity contribution in [2.24, 2.45) is 0 Å². The molecule has 0 bridgehead atoms. The van der Waals surface area contributed by atoms with E-state index in [1.165, 1.54) is 10.4 Å². The van der Waals surface area contributed by atoms with E-state index in [4.69, 9.17) is 4.74 Å². The molecule has 1 aliphatic heterocycles. The van der Waals surface area contributed by atoms with Gasteiger partial charge in [0.1, 0.15) is 0 Å². The fraction of sp³-hybridized carbons (Fsp3) is 0.417. The monoisotopic (exact) mass is 458 g/mol. The first-order chi connectivity index (χ1) is 15.2. The van der Waals surface area contributed by atoms with Crippen molar-refractivity contribution >= 4 is 27.6 Å². The minimum atomic E-state index is -3.65. The third-order valence-electron chi connectivity index (χ3n) is 5.81. The Morgan fingerprint density at radius 3 is 2.34 bits per heavy atom. The third-order valence-corrected chi connectivity index (χ3v) is 7.85. The Bertz CT molecular complexity index is 1100. The second-order valence-electron chi connectivity index (χ2n) is 8.17. The van der Waals surface area contributed by atoms with Crippen LogP contribution in [0.15, 0.2) is 41.3 Å². The summed E-state index contributed by atoms with van der Waals surface area (Å²) in [7, 11) is -3.65. The van der Waals surface area contributed by atoms with Gasteiger partial charge in [-0.25, -0.2) is 13.2 Å². The smallest absolute Gasteiger partial charge is 0.338 e. The van der Waals surface area contributed by atoms with Gasteiger partial charge in [0, 0.05) is 18.8 Å². The first-order valence-electron chi connectivity index (χ1n) is 10.8. The summed E-state index contributed by atoms with van der Waals surface area (Å²) in [5, 5.41) is 2.63. The summed E-state index contributed by atoms with van der Waals surface area (Å²) in [5.41, 5.74) is 3.14. The summed E-state index contributed by atoms with van der Waals surface area (Å²) in [5.74, 6) is -1.11. The normalized spacial score (nSPS) is 15.1. The summed E-state index contributed by atoms with van der Waals surface area (Å²) in [6.45, 7) is 6.01. The zero-order valence-corrected chi connectivity index (χ0v) is 19.6. The number of amides is 1. The number of anilines is 1. The van der Waals surface area contributed by atoms with Crippen LogP contribution in [0.5, 0.6) is 0 Å². The highest BCUT2D eigenvalue weighted by molar-refractivity contribution is 7.89. The highest BCUT2D eigenvalue weighted by Gasteiger charge is 2.27. The van der Waals surface area contributed by atoms with E-state index in [1.54, 1.807) is 31.2 Å². The molecule has 0 radical (unpaired) electrons. The predicted octanol–water partition coefficient (Wildman–Crippen LogP) is 3.97. The molecule has 0 unspecified atom stereocenters. The van der Waals surface area contributed by atoms with Crippen LogP contribution in [0.3, 0.4) is 0 Å². The lowest BCUT2D eigenvalue weighted by Gasteiger charge is -2.21. The lowest BCUT2D eigenvalue weighted by atomic mass is 10.0. The van der Waals surface area contributed by atoms with Crippen molar-refractivity contribution in [3.63, 3.8) is 0 Å². The van der Waals surface area contributed by atoms with E-state index in [0.717, 1.165) is 36.8 Å². The number of hydrogen-bond acceptors (Lipinski definition) is 5. The van der Waals surface area contributed by atoms with Crippen LogP contribution in [0.25, 0.3) is 0 Å². The van der Waals surface area contributed by atoms with E-state index in [1.807, 2.05) is 19.9 Å². The van der Waals surface area contributed by atoms with Crippen LogP contribution in [0, 0.1) is 20.8 Å². The predicted molar refractivity (Wildman–Crippen MR) is 123 cm³/mol. The Balaban J connectivity index is 1.68. The van der Waals surface area contributed by atoms with E-state index in [0.29, 0.717) is 29.9 Å². The van der Waals surface area contributed by atoms with Gasteiger partial charge in [-0.15, -0.1) is 0 Å². The minimum Gasteiger partial charge on any atom is -0.452 e. The van der Waals surface area contributed by atoms with Gasteiger partial charge >= 0.3 is 5.97 Å². The Labute approximate surface area is 189 Å². The summed E-state index contributed by atoms with van der Waals surface area (Å²) in [6.07, 6.45) is 3.75. The number of nitrogens with one attached hydrogen (secondary N) is 1. The number of aryl methyl sites for hydroxylation is 2. The number of sulfonamides is 1. The van der Waals surface area contributed by atoms with Crippen molar-refractivity contribution in [3.05, 3.63) is 58.7 Å². The number of esters is 1. The Morgan fingerprint density at radius 2 is 1.66 bits per heavy atom. The first-order valence-corrected chi connectivity index (χ1v) is 12.3. The van der Waals surface area contributed by atoms with Crippen LogP contribution >= 0.6 is 0 Å². The van der Waals surface area contributed by atoms with Gasteiger partial charge in [0.05, 0.1) is 10.5 Å². The van der Waals surface area contributed by atoms with Gasteiger partial charge in [0.2, 0.25) is 10.0 Å². The molecule has 0 atom stereocenters.